The Balaban J connectivity index is 1.51. The van der Waals surface area contributed by atoms with Crippen LogP contribution in [0, 0.1) is 28.6 Å². The minimum Gasteiger partial charge on any atom is -0.462 e. The number of carbonyl (C=O) groups is 2. The highest BCUT2D eigenvalue weighted by molar-refractivity contribution is 6.00. The van der Waals surface area contributed by atoms with E-state index < -0.39 is 6.09 Å². The lowest BCUT2D eigenvalue weighted by molar-refractivity contribution is -0.148. The van der Waals surface area contributed by atoms with Crippen LogP contribution in [0.2, 0.25) is 0 Å². The molecule has 4 aliphatic carbocycles. The molecule has 4 aliphatic rings. The first-order valence-electron chi connectivity index (χ1n) is 12.2. The van der Waals surface area contributed by atoms with Crippen LogP contribution in [0.3, 0.4) is 0 Å². The van der Waals surface area contributed by atoms with Gasteiger partial charge in [-0.3, -0.25) is 4.79 Å². The number of hydrogen-bond acceptors (Lipinski definition) is 5. The Morgan fingerprint density at radius 1 is 1.09 bits per heavy atom. The second-order valence-corrected chi connectivity index (χ2v) is 10.6. The van der Waals surface area contributed by atoms with Gasteiger partial charge in [-0.25, -0.2) is 10.2 Å². The highest BCUT2D eigenvalue weighted by Crippen LogP contribution is 2.65. The van der Waals surface area contributed by atoms with E-state index in [0.717, 1.165) is 44.2 Å². The average molecular weight is 443 g/mol. The van der Waals surface area contributed by atoms with Crippen molar-refractivity contribution in [1.29, 1.82) is 0 Å². The zero-order chi connectivity index (χ0) is 23.1. The number of carbonyl (C=O) groups excluding carboxylic acids is 2. The van der Waals surface area contributed by atoms with Crippen LogP contribution in [-0.2, 0) is 14.3 Å². The summed E-state index contributed by atoms with van der Waals surface area (Å²) >= 11 is 0. The molecule has 6 heteroatoms. The smallest absolute Gasteiger partial charge is 0.427 e. The molecule has 0 heterocycles. The highest BCUT2D eigenvalue weighted by atomic mass is 16.6. The summed E-state index contributed by atoms with van der Waals surface area (Å²) in [5.74, 6) is 1.78. The normalized spacial score (nSPS) is 38.5. The highest BCUT2D eigenvalue weighted by Gasteiger charge is 2.57. The molecule has 6 nitrogen and oxygen atoms in total. The molecule has 1 N–H and O–H groups in total. The second kappa shape index (κ2) is 8.68. The van der Waals surface area contributed by atoms with E-state index in [4.69, 9.17) is 9.47 Å². The van der Waals surface area contributed by atoms with E-state index in [9.17, 15) is 9.59 Å². The fourth-order valence-corrected chi connectivity index (χ4v) is 7.44. The van der Waals surface area contributed by atoms with Crippen LogP contribution in [0.1, 0.15) is 79.6 Å². The average Bonchev–Trinajstić information content (AvgIpc) is 3.09. The molecule has 0 aromatic rings. The Kier molecular flexibility index (Phi) is 6.25. The number of rotatable bonds is 4. The third kappa shape index (κ3) is 3.90. The minimum atomic E-state index is -0.502. The zero-order valence-electron chi connectivity index (χ0n) is 20.2. The van der Waals surface area contributed by atoms with Gasteiger partial charge in [0.15, 0.2) is 0 Å². The molecule has 0 saturated heterocycles. The minimum absolute atomic E-state index is 0.0442. The van der Waals surface area contributed by atoms with Gasteiger partial charge in [-0.2, -0.15) is 5.10 Å². The molecule has 2 saturated carbocycles. The van der Waals surface area contributed by atoms with E-state index >= 15 is 0 Å². The molecule has 0 bridgehead atoms. The summed E-state index contributed by atoms with van der Waals surface area (Å²) in [6.45, 7) is 10.5. The third-order valence-corrected chi connectivity index (χ3v) is 8.95. The van der Waals surface area contributed by atoms with E-state index in [-0.39, 0.29) is 22.9 Å². The SMILES string of the molecule is CCOC(=O)N/N=C(\C)C1=CC[C@H]2[C@@H]3CC=C4C[C@H](OC(C)=O)CC[C@]4(C)[C@H]3CC[C@]12C. The number of amides is 1. The van der Waals surface area contributed by atoms with E-state index in [2.05, 4.69) is 36.5 Å². The first-order valence-corrected chi connectivity index (χ1v) is 12.2. The van der Waals surface area contributed by atoms with Gasteiger partial charge in [0, 0.05) is 13.3 Å². The summed E-state index contributed by atoms with van der Waals surface area (Å²) in [5.41, 5.74) is 6.54. The lowest BCUT2D eigenvalue weighted by Gasteiger charge is -2.57. The molecular weight excluding hydrogens is 404 g/mol. The number of esters is 1. The maximum absolute atomic E-state index is 11.7. The maximum Gasteiger partial charge on any atom is 0.427 e. The van der Waals surface area contributed by atoms with Crippen molar-refractivity contribution in [1.82, 2.24) is 5.43 Å². The summed E-state index contributed by atoms with van der Waals surface area (Å²) in [7, 11) is 0. The van der Waals surface area contributed by atoms with Crippen molar-refractivity contribution >= 4 is 17.8 Å². The topological polar surface area (TPSA) is 77.0 Å². The number of hydrazone groups is 1. The predicted octanol–water partition coefficient (Wildman–Crippen LogP) is 5.54. The van der Waals surface area contributed by atoms with Crippen LogP contribution in [0.5, 0.6) is 0 Å². The molecule has 0 aliphatic heterocycles. The molecule has 0 unspecified atom stereocenters. The van der Waals surface area contributed by atoms with Gasteiger partial charge in [0.1, 0.15) is 6.10 Å². The Labute approximate surface area is 191 Å². The molecule has 0 spiro atoms. The van der Waals surface area contributed by atoms with Crippen molar-refractivity contribution in [2.75, 3.05) is 6.61 Å². The van der Waals surface area contributed by atoms with Crippen molar-refractivity contribution in [2.45, 2.75) is 85.7 Å². The largest absolute Gasteiger partial charge is 0.462 e. The fraction of sp³-hybridized carbons (Fsp3) is 0.731. The van der Waals surface area contributed by atoms with Crippen molar-refractivity contribution in [3.8, 4) is 0 Å². The van der Waals surface area contributed by atoms with Crippen molar-refractivity contribution in [2.24, 2.45) is 33.7 Å². The molecule has 4 rings (SSSR count). The summed E-state index contributed by atoms with van der Waals surface area (Å²) < 4.78 is 10.5. The third-order valence-electron chi connectivity index (χ3n) is 8.95. The lowest BCUT2D eigenvalue weighted by Crippen LogP contribution is -2.50. The Morgan fingerprint density at radius 2 is 1.84 bits per heavy atom. The van der Waals surface area contributed by atoms with Crippen LogP contribution in [-0.4, -0.2) is 30.5 Å². The standard InChI is InChI=1S/C26H38N2O4/c1-6-31-24(30)28-27-16(2)21-9-10-22-20-8-7-18-15-19(32-17(3)29)11-13-25(18,4)23(20)12-14-26(21,22)5/h7,9,19-20,22-23H,6,8,10-15H2,1-5H3,(H,28,30)/b27-16+/t19-,20+,22+,23+,25+,26-/m1/s1. The predicted molar refractivity (Wildman–Crippen MR) is 124 cm³/mol. The van der Waals surface area contributed by atoms with Gasteiger partial charge in [-0.05, 0) is 86.5 Å². The molecule has 0 aromatic carbocycles. The number of ether oxygens (including phenoxy) is 2. The summed E-state index contributed by atoms with van der Waals surface area (Å²) in [4.78, 5) is 23.1. The van der Waals surface area contributed by atoms with Gasteiger partial charge in [0.2, 0.25) is 0 Å². The van der Waals surface area contributed by atoms with Crippen LogP contribution < -0.4 is 5.43 Å². The molecule has 2 fully saturated rings. The van der Waals surface area contributed by atoms with Crippen LogP contribution in [0.4, 0.5) is 4.79 Å². The van der Waals surface area contributed by atoms with E-state index in [1.807, 2.05) is 6.92 Å². The monoisotopic (exact) mass is 442 g/mol. The second-order valence-electron chi connectivity index (χ2n) is 10.6. The molecule has 32 heavy (non-hydrogen) atoms. The number of nitrogens with zero attached hydrogens (tertiary/aromatic N) is 1. The fourth-order valence-electron chi connectivity index (χ4n) is 7.44. The quantitative estimate of drug-likeness (QED) is 0.268. The van der Waals surface area contributed by atoms with Crippen LogP contribution in [0.25, 0.3) is 0 Å². The van der Waals surface area contributed by atoms with Gasteiger partial charge in [0.25, 0.3) is 0 Å². The van der Waals surface area contributed by atoms with Crippen molar-refractivity contribution < 1.29 is 19.1 Å². The first kappa shape index (κ1) is 23.1. The molecule has 6 atom stereocenters. The molecular formula is C26H38N2O4. The number of fused-ring (bicyclic) bond motifs is 5. The molecule has 176 valence electrons. The summed E-state index contributed by atoms with van der Waals surface area (Å²) in [6.07, 6.45) is 11.9. The van der Waals surface area contributed by atoms with Gasteiger partial charge in [-0.15, -0.1) is 0 Å². The van der Waals surface area contributed by atoms with Crippen LogP contribution >= 0.6 is 0 Å². The van der Waals surface area contributed by atoms with E-state index in [1.165, 1.54) is 24.5 Å². The summed E-state index contributed by atoms with van der Waals surface area (Å²) in [5, 5.41) is 4.35. The summed E-state index contributed by atoms with van der Waals surface area (Å²) in [6, 6.07) is 0. The Morgan fingerprint density at radius 3 is 2.56 bits per heavy atom. The number of nitrogens with one attached hydrogen (secondary N) is 1. The van der Waals surface area contributed by atoms with E-state index in [0.29, 0.717) is 24.4 Å². The first-order chi connectivity index (χ1) is 15.2. The van der Waals surface area contributed by atoms with Crippen molar-refractivity contribution in [3.05, 3.63) is 23.3 Å². The van der Waals surface area contributed by atoms with E-state index in [1.54, 1.807) is 6.92 Å². The Bertz CT molecular complexity index is 875. The van der Waals surface area contributed by atoms with Gasteiger partial charge < -0.3 is 9.47 Å². The maximum atomic E-state index is 11.7. The molecule has 1 amide bonds. The van der Waals surface area contributed by atoms with Gasteiger partial charge in [0.05, 0.1) is 12.3 Å². The Hall–Kier alpha value is -2.11. The number of hydrogen-bond donors (Lipinski definition) is 1. The van der Waals surface area contributed by atoms with Gasteiger partial charge >= 0.3 is 12.1 Å². The van der Waals surface area contributed by atoms with Crippen LogP contribution in [0.15, 0.2) is 28.4 Å². The van der Waals surface area contributed by atoms with Gasteiger partial charge in [-0.1, -0.05) is 31.6 Å². The molecule has 0 radical (unpaired) electrons. The lowest BCUT2D eigenvalue weighted by atomic mass is 9.47. The number of allylic oxidation sites excluding steroid dienone is 3. The zero-order valence-corrected chi connectivity index (χ0v) is 20.2. The van der Waals surface area contributed by atoms with Crippen molar-refractivity contribution in [3.63, 3.8) is 0 Å². The molecule has 0 aromatic heterocycles.